The highest BCUT2D eigenvalue weighted by Crippen LogP contribution is 2.15. The van der Waals surface area contributed by atoms with Gasteiger partial charge in [0, 0.05) is 20.1 Å². The van der Waals surface area contributed by atoms with Gasteiger partial charge in [-0.2, -0.15) is 0 Å². The van der Waals surface area contributed by atoms with E-state index in [1.165, 1.54) is 41.2 Å². The van der Waals surface area contributed by atoms with E-state index in [1.54, 1.807) is 25.0 Å². The summed E-state index contributed by atoms with van der Waals surface area (Å²) in [6.45, 7) is 4.18. The van der Waals surface area contributed by atoms with Crippen LogP contribution < -0.4 is 11.2 Å². The third kappa shape index (κ3) is 3.79. The number of hydrogen-bond donors (Lipinski definition) is 0. The van der Waals surface area contributed by atoms with Crippen LogP contribution in [0.1, 0.15) is 71.3 Å². The van der Waals surface area contributed by atoms with Crippen LogP contribution in [-0.2, 0) is 14.1 Å². The summed E-state index contributed by atoms with van der Waals surface area (Å²) in [7, 11) is 3.46. The van der Waals surface area contributed by atoms with E-state index < -0.39 is 0 Å². The van der Waals surface area contributed by atoms with E-state index in [2.05, 4.69) is 11.9 Å². The minimum atomic E-state index is -0.276. The number of nitrogens with zero attached hydrogens (tertiary/aromatic N) is 4. The van der Waals surface area contributed by atoms with Gasteiger partial charge in [0.2, 0.25) is 0 Å². The van der Waals surface area contributed by atoms with Crippen LogP contribution in [0, 0.1) is 0 Å². The molecule has 0 radical (unpaired) electrons. The lowest BCUT2D eigenvalue weighted by Crippen LogP contribution is -2.41. The first-order chi connectivity index (χ1) is 11.5. The predicted molar refractivity (Wildman–Crippen MR) is 97.5 cm³/mol. The van der Waals surface area contributed by atoms with E-state index in [4.69, 9.17) is 0 Å². The monoisotopic (exact) mass is 334 g/mol. The molecule has 0 aliphatic heterocycles. The van der Waals surface area contributed by atoms with Crippen molar-refractivity contribution in [1.29, 1.82) is 0 Å². The van der Waals surface area contributed by atoms with Crippen molar-refractivity contribution in [3.8, 4) is 0 Å². The molecule has 134 valence electrons. The molecule has 2 aromatic heterocycles. The van der Waals surface area contributed by atoms with Crippen molar-refractivity contribution in [1.82, 2.24) is 18.7 Å². The summed E-state index contributed by atoms with van der Waals surface area (Å²) in [6, 6.07) is -0.0915. The molecule has 0 amide bonds. The van der Waals surface area contributed by atoms with Crippen molar-refractivity contribution >= 4 is 11.2 Å². The van der Waals surface area contributed by atoms with Crippen LogP contribution in [-0.4, -0.2) is 18.7 Å². The second-order valence-electron chi connectivity index (χ2n) is 6.80. The van der Waals surface area contributed by atoms with Crippen LogP contribution >= 0.6 is 0 Å². The Morgan fingerprint density at radius 2 is 1.67 bits per heavy atom. The SMILES string of the molecule is CCCCCCCCCC(C)n1c(=O)c2c(ncn2C)n(C)c1=O. The van der Waals surface area contributed by atoms with Gasteiger partial charge < -0.3 is 4.57 Å². The van der Waals surface area contributed by atoms with E-state index >= 15 is 0 Å². The van der Waals surface area contributed by atoms with E-state index in [1.807, 2.05) is 6.92 Å². The van der Waals surface area contributed by atoms with Crippen molar-refractivity contribution in [2.75, 3.05) is 0 Å². The highest BCUT2D eigenvalue weighted by molar-refractivity contribution is 5.69. The Morgan fingerprint density at radius 3 is 2.33 bits per heavy atom. The smallest absolute Gasteiger partial charge is 0.328 e. The van der Waals surface area contributed by atoms with Crippen LogP contribution in [0.2, 0.25) is 0 Å². The molecule has 6 nitrogen and oxygen atoms in total. The van der Waals surface area contributed by atoms with Crippen molar-refractivity contribution in [2.45, 2.75) is 71.3 Å². The fraction of sp³-hybridized carbons (Fsp3) is 0.722. The molecule has 0 bridgehead atoms. The Bertz CT molecular complexity index is 785. The largest absolute Gasteiger partial charge is 0.332 e. The zero-order chi connectivity index (χ0) is 17.7. The maximum Gasteiger partial charge on any atom is 0.332 e. The van der Waals surface area contributed by atoms with Gasteiger partial charge in [0.25, 0.3) is 5.56 Å². The van der Waals surface area contributed by atoms with E-state index in [0.29, 0.717) is 11.2 Å². The molecule has 2 heterocycles. The Kier molecular flexibility index (Phi) is 6.40. The lowest BCUT2D eigenvalue weighted by molar-refractivity contribution is 0.435. The van der Waals surface area contributed by atoms with E-state index in [9.17, 15) is 9.59 Å². The molecule has 0 spiro atoms. The van der Waals surface area contributed by atoms with Gasteiger partial charge in [-0.15, -0.1) is 0 Å². The van der Waals surface area contributed by atoms with Crippen LogP contribution in [0.15, 0.2) is 15.9 Å². The number of aryl methyl sites for hydroxylation is 2. The molecule has 0 aliphatic rings. The van der Waals surface area contributed by atoms with Gasteiger partial charge >= 0.3 is 5.69 Å². The maximum absolute atomic E-state index is 12.7. The average Bonchev–Trinajstić information content (AvgIpc) is 2.94. The quantitative estimate of drug-likeness (QED) is 0.662. The Hall–Kier alpha value is -1.85. The predicted octanol–water partition coefficient (Wildman–Crippen LogP) is 3.14. The Morgan fingerprint density at radius 1 is 1.04 bits per heavy atom. The summed E-state index contributed by atoms with van der Waals surface area (Å²) < 4.78 is 4.55. The minimum Gasteiger partial charge on any atom is -0.328 e. The second-order valence-corrected chi connectivity index (χ2v) is 6.80. The first-order valence-corrected chi connectivity index (χ1v) is 9.11. The standard InChI is InChI=1S/C18H30N4O2/c1-5-6-7-8-9-10-11-12-14(2)22-17(23)15-16(19-13-20(15)3)21(4)18(22)24/h13-14H,5-12H2,1-4H3. The number of fused-ring (bicyclic) bond motifs is 1. The molecule has 2 rings (SSSR count). The lowest BCUT2D eigenvalue weighted by Gasteiger charge is -2.15. The molecule has 6 heteroatoms. The van der Waals surface area contributed by atoms with Gasteiger partial charge in [0.05, 0.1) is 6.33 Å². The summed E-state index contributed by atoms with van der Waals surface area (Å²) in [5, 5.41) is 0. The highest BCUT2D eigenvalue weighted by Gasteiger charge is 2.18. The molecule has 0 aromatic carbocycles. The molecule has 0 aliphatic carbocycles. The zero-order valence-corrected chi connectivity index (χ0v) is 15.4. The molecular formula is C18H30N4O2. The van der Waals surface area contributed by atoms with E-state index in [-0.39, 0.29) is 17.3 Å². The molecule has 2 aromatic rings. The van der Waals surface area contributed by atoms with Crippen molar-refractivity contribution < 1.29 is 0 Å². The molecular weight excluding hydrogens is 304 g/mol. The lowest BCUT2D eigenvalue weighted by atomic mass is 10.1. The number of aromatic nitrogens is 4. The van der Waals surface area contributed by atoms with Gasteiger partial charge in [0.15, 0.2) is 11.2 Å². The number of imidazole rings is 1. The molecule has 0 N–H and O–H groups in total. The topological polar surface area (TPSA) is 61.8 Å². The first kappa shape index (κ1) is 18.5. The molecule has 0 saturated heterocycles. The summed E-state index contributed by atoms with van der Waals surface area (Å²) in [6.07, 6.45) is 11.0. The maximum atomic E-state index is 12.7. The van der Waals surface area contributed by atoms with E-state index in [0.717, 1.165) is 19.3 Å². The minimum absolute atomic E-state index is 0.0915. The number of unbranched alkanes of at least 4 members (excludes halogenated alkanes) is 6. The fourth-order valence-corrected chi connectivity index (χ4v) is 3.28. The first-order valence-electron chi connectivity index (χ1n) is 9.11. The number of rotatable bonds is 9. The van der Waals surface area contributed by atoms with Crippen molar-refractivity contribution in [2.24, 2.45) is 14.1 Å². The molecule has 1 unspecified atom stereocenters. The number of hydrogen-bond acceptors (Lipinski definition) is 3. The average molecular weight is 334 g/mol. The highest BCUT2D eigenvalue weighted by atomic mass is 16.2. The normalized spacial score (nSPS) is 12.8. The molecule has 0 fully saturated rings. The van der Waals surface area contributed by atoms with Crippen molar-refractivity contribution in [3.63, 3.8) is 0 Å². The van der Waals surface area contributed by atoms with Crippen LogP contribution in [0.4, 0.5) is 0 Å². The van der Waals surface area contributed by atoms with Crippen LogP contribution in [0.5, 0.6) is 0 Å². The van der Waals surface area contributed by atoms with Gasteiger partial charge in [-0.3, -0.25) is 13.9 Å². The Labute approximate surface area is 143 Å². The molecule has 1 atom stereocenters. The van der Waals surface area contributed by atoms with Gasteiger partial charge in [-0.25, -0.2) is 9.78 Å². The second kappa shape index (κ2) is 8.31. The summed E-state index contributed by atoms with van der Waals surface area (Å²) in [5.74, 6) is 0. The summed E-state index contributed by atoms with van der Waals surface area (Å²) in [5.41, 5.74) is 0.431. The Balaban J connectivity index is 2.07. The summed E-state index contributed by atoms with van der Waals surface area (Å²) in [4.78, 5) is 29.4. The van der Waals surface area contributed by atoms with Gasteiger partial charge in [-0.1, -0.05) is 51.9 Å². The van der Waals surface area contributed by atoms with Crippen LogP contribution in [0.25, 0.3) is 11.2 Å². The van der Waals surface area contributed by atoms with Crippen LogP contribution in [0.3, 0.4) is 0 Å². The third-order valence-corrected chi connectivity index (χ3v) is 4.82. The fourth-order valence-electron chi connectivity index (χ4n) is 3.28. The molecule has 0 saturated carbocycles. The summed E-state index contributed by atoms with van der Waals surface area (Å²) >= 11 is 0. The third-order valence-electron chi connectivity index (χ3n) is 4.82. The van der Waals surface area contributed by atoms with Crippen molar-refractivity contribution in [3.05, 3.63) is 27.2 Å². The van der Waals surface area contributed by atoms with Gasteiger partial charge in [-0.05, 0) is 13.3 Å². The molecule has 24 heavy (non-hydrogen) atoms. The van der Waals surface area contributed by atoms with Gasteiger partial charge in [0.1, 0.15) is 0 Å². The zero-order valence-electron chi connectivity index (χ0n) is 15.4.